The molecule has 0 atom stereocenters. The molecule has 96 valence electrons. The predicted octanol–water partition coefficient (Wildman–Crippen LogP) is 5.31. The monoisotopic (exact) mass is 434 g/mol. The van der Waals surface area contributed by atoms with Crippen LogP contribution in [-0.4, -0.2) is 10.7 Å². The van der Waals surface area contributed by atoms with Gasteiger partial charge in [-0.25, -0.2) is 0 Å². The van der Waals surface area contributed by atoms with Gasteiger partial charge in [0.25, 0.3) is 0 Å². The van der Waals surface area contributed by atoms with E-state index >= 15 is 0 Å². The molecular formula is C14H13Br3O. The number of hydrogen-bond acceptors (Lipinski definition) is 1. The second-order valence-corrected chi connectivity index (χ2v) is 6.40. The Labute approximate surface area is 132 Å². The van der Waals surface area contributed by atoms with Gasteiger partial charge in [0.05, 0.1) is 12.5 Å². The van der Waals surface area contributed by atoms with Crippen molar-refractivity contribution in [2.45, 2.75) is 11.8 Å². The van der Waals surface area contributed by atoms with Crippen LogP contribution in [0.2, 0.25) is 0 Å². The first-order chi connectivity index (χ1) is 8.70. The third kappa shape index (κ3) is 3.09. The van der Waals surface area contributed by atoms with Crippen molar-refractivity contribution in [2.75, 3.05) is 10.7 Å². The highest BCUT2D eigenvalue weighted by Crippen LogP contribution is 2.34. The van der Waals surface area contributed by atoms with E-state index in [9.17, 15) is 0 Å². The molecule has 0 bridgehead atoms. The number of benzene rings is 1. The Hall–Kier alpha value is -0.0600. The minimum Gasteiger partial charge on any atom is -0.472 e. The molecule has 1 heterocycles. The van der Waals surface area contributed by atoms with Gasteiger partial charge in [-0.3, -0.25) is 0 Å². The Morgan fingerprint density at radius 1 is 1.11 bits per heavy atom. The Morgan fingerprint density at radius 2 is 1.89 bits per heavy atom. The minimum absolute atomic E-state index is 0.0354. The van der Waals surface area contributed by atoms with Gasteiger partial charge in [-0.1, -0.05) is 59.9 Å². The topological polar surface area (TPSA) is 13.1 Å². The van der Waals surface area contributed by atoms with Crippen LogP contribution in [0, 0.1) is 0 Å². The standard InChI is InChI=1S/C14H13Br3O/c15-9-14(10-16,7-11-4-5-18-8-11)12-2-1-3-13(17)6-12/h1-6,8H,7,9-10H2. The first-order valence-electron chi connectivity index (χ1n) is 5.59. The van der Waals surface area contributed by atoms with Crippen LogP contribution in [0.3, 0.4) is 0 Å². The van der Waals surface area contributed by atoms with E-state index in [4.69, 9.17) is 4.42 Å². The van der Waals surface area contributed by atoms with Gasteiger partial charge in [-0.15, -0.1) is 0 Å². The molecular weight excluding hydrogens is 424 g/mol. The third-order valence-corrected chi connectivity index (χ3v) is 5.71. The zero-order chi connectivity index (χ0) is 13.0. The molecule has 1 aromatic heterocycles. The van der Waals surface area contributed by atoms with E-state index in [1.165, 1.54) is 11.1 Å². The fraction of sp³-hybridized carbons (Fsp3) is 0.286. The summed E-state index contributed by atoms with van der Waals surface area (Å²) in [5.74, 6) is 0. The fourth-order valence-electron chi connectivity index (χ4n) is 1.99. The highest BCUT2D eigenvalue weighted by molar-refractivity contribution is 9.10. The van der Waals surface area contributed by atoms with Crippen molar-refractivity contribution in [1.82, 2.24) is 0 Å². The van der Waals surface area contributed by atoms with E-state index in [1.54, 1.807) is 6.26 Å². The molecule has 2 aromatic rings. The summed E-state index contributed by atoms with van der Waals surface area (Å²) >= 11 is 10.9. The summed E-state index contributed by atoms with van der Waals surface area (Å²) in [6.07, 6.45) is 4.48. The summed E-state index contributed by atoms with van der Waals surface area (Å²) in [4.78, 5) is 0. The van der Waals surface area contributed by atoms with Gasteiger partial charge in [0, 0.05) is 20.5 Å². The molecule has 0 saturated heterocycles. The molecule has 0 radical (unpaired) electrons. The lowest BCUT2D eigenvalue weighted by atomic mass is 9.79. The van der Waals surface area contributed by atoms with Crippen LogP contribution in [0.1, 0.15) is 11.1 Å². The van der Waals surface area contributed by atoms with Crippen LogP contribution >= 0.6 is 47.8 Å². The maximum absolute atomic E-state index is 5.17. The van der Waals surface area contributed by atoms with Gasteiger partial charge in [-0.2, -0.15) is 0 Å². The maximum Gasteiger partial charge on any atom is 0.0934 e. The van der Waals surface area contributed by atoms with Gasteiger partial charge < -0.3 is 4.42 Å². The summed E-state index contributed by atoms with van der Waals surface area (Å²) in [6.45, 7) is 0. The zero-order valence-electron chi connectivity index (χ0n) is 9.70. The van der Waals surface area contributed by atoms with Crippen LogP contribution in [0.25, 0.3) is 0 Å². The Morgan fingerprint density at radius 3 is 2.44 bits per heavy atom. The van der Waals surface area contributed by atoms with Gasteiger partial charge in [0.15, 0.2) is 0 Å². The molecule has 0 amide bonds. The van der Waals surface area contributed by atoms with E-state index in [2.05, 4.69) is 72.1 Å². The smallest absolute Gasteiger partial charge is 0.0934 e. The lowest BCUT2D eigenvalue weighted by Gasteiger charge is -2.30. The summed E-state index contributed by atoms with van der Waals surface area (Å²) in [7, 11) is 0. The van der Waals surface area contributed by atoms with E-state index < -0.39 is 0 Å². The Kier molecular flexibility index (Phi) is 5.10. The van der Waals surface area contributed by atoms with Crippen LogP contribution in [0.15, 0.2) is 51.7 Å². The van der Waals surface area contributed by atoms with Gasteiger partial charge in [0.1, 0.15) is 0 Å². The number of alkyl halides is 2. The molecule has 2 rings (SSSR count). The van der Waals surface area contributed by atoms with E-state index in [-0.39, 0.29) is 5.41 Å². The number of rotatable bonds is 5. The second kappa shape index (κ2) is 6.40. The molecule has 1 nitrogen and oxygen atoms in total. The molecule has 0 saturated carbocycles. The first-order valence-corrected chi connectivity index (χ1v) is 8.63. The lowest BCUT2D eigenvalue weighted by molar-refractivity contribution is 0.532. The van der Waals surface area contributed by atoms with Crippen LogP contribution < -0.4 is 0 Å². The highest BCUT2D eigenvalue weighted by Gasteiger charge is 2.31. The quantitative estimate of drug-likeness (QED) is 0.579. The average molecular weight is 437 g/mol. The average Bonchev–Trinajstić information content (AvgIpc) is 2.89. The van der Waals surface area contributed by atoms with E-state index in [1.807, 2.05) is 12.3 Å². The normalized spacial score (nSPS) is 11.7. The van der Waals surface area contributed by atoms with Crippen molar-refractivity contribution in [3.63, 3.8) is 0 Å². The van der Waals surface area contributed by atoms with Gasteiger partial charge in [0.2, 0.25) is 0 Å². The molecule has 0 N–H and O–H groups in total. The van der Waals surface area contributed by atoms with Crippen LogP contribution in [-0.2, 0) is 11.8 Å². The van der Waals surface area contributed by atoms with Gasteiger partial charge >= 0.3 is 0 Å². The van der Waals surface area contributed by atoms with Crippen molar-refractivity contribution in [3.05, 3.63) is 58.5 Å². The first kappa shape index (κ1) is 14.4. The van der Waals surface area contributed by atoms with Crippen molar-refractivity contribution in [1.29, 1.82) is 0 Å². The summed E-state index contributed by atoms with van der Waals surface area (Å²) in [6, 6.07) is 10.5. The minimum atomic E-state index is 0.0354. The van der Waals surface area contributed by atoms with Crippen molar-refractivity contribution in [2.24, 2.45) is 0 Å². The molecule has 0 aliphatic rings. The highest BCUT2D eigenvalue weighted by atomic mass is 79.9. The van der Waals surface area contributed by atoms with E-state index in [0.29, 0.717) is 0 Å². The SMILES string of the molecule is BrCC(CBr)(Cc1ccoc1)c1cccc(Br)c1. The molecule has 0 aliphatic carbocycles. The predicted molar refractivity (Wildman–Crippen MR) is 85.8 cm³/mol. The second-order valence-electron chi connectivity index (χ2n) is 4.37. The Bertz CT molecular complexity index is 490. The van der Waals surface area contributed by atoms with Crippen molar-refractivity contribution in [3.8, 4) is 0 Å². The van der Waals surface area contributed by atoms with Crippen molar-refractivity contribution < 1.29 is 4.42 Å². The van der Waals surface area contributed by atoms with Crippen LogP contribution in [0.4, 0.5) is 0 Å². The van der Waals surface area contributed by atoms with Gasteiger partial charge in [-0.05, 0) is 35.7 Å². The lowest BCUT2D eigenvalue weighted by Crippen LogP contribution is -2.32. The number of furan rings is 1. The molecule has 4 heteroatoms. The number of halogens is 3. The maximum atomic E-state index is 5.17. The fourth-order valence-corrected chi connectivity index (χ4v) is 4.36. The summed E-state index contributed by atoms with van der Waals surface area (Å²) < 4.78 is 6.28. The third-order valence-electron chi connectivity index (χ3n) is 3.07. The molecule has 18 heavy (non-hydrogen) atoms. The van der Waals surface area contributed by atoms with Crippen LogP contribution in [0.5, 0.6) is 0 Å². The molecule has 0 spiro atoms. The zero-order valence-corrected chi connectivity index (χ0v) is 14.5. The van der Waals surface area contributed by atoms with Crippen molar-refractivity contribution >= 4 is 47.8 Å². The van der Waals surface area contributed by atoms with E-state index in [0.717, 1.165) is 21.6 Å². The molecule has 0 aliphatic heterocycles. The summed E-state index contributed by atoms with van der Waals surface area (Å²) in [5, 5.41) is 1.79. The molecule has 1 aromatic carbocycles. The molecule has 0 fully saturated rings. The summed E-state index contributed by atoms with van der Waals surface area (Å²) in [5.41, 5.74) is 2.56. The molecule has 0 unspecified atom stereocenters. The largest absolute Gasteiger partial charge is 0.472 e. The Balaban J connectivity index is 2.37. The number of hydrogen-bond donors (Lipinski definition) is 0.